The van der Waals surface area contributed by atoms with E-state index >= 15 is 0 Å². The third-order valence-electron chi connectivity index (χ3n) is 3.06. The predicted molar refractivity (Wildman–Crippen MR) is 87.8 cm³/mol. The van der Waals surface area contributed by atoms with E-state index in [1.807, 2.05) is 24.3 Å². The van der Waals surface area contributed by atoms with Crippen LogP contribution in [-0.4, -0.2) is 14.9 Å². The van der Waals surface area contributed by atoms with Crippen molar-refractivity contribution in [2.24, 2.45) is 10.2 Å². The molecule has 0 spiro atoms. The summed E-state index contributed by atoms with van der Waals surface area (Å²) in [4.78, 5) is 0.807. The molecule has 1 N–H and O–H groups in total. The number of benzene rings is 2. The molecule has 112 valence electrons. The molecule has 0 aliphatic rings. The molecule has 3 rings (SSSR count). The quantitative estimate of drug-likeness (QED) is 0.561. The maximum atomic E-state index is 10.3. The summed E-state index contributed by atoms with van der Waals surface area (Å²) in [5, 5.41) is 31.5. The van der Waals surface area contributed by atoms with Gasteiger partial charge in [0.05, 0.1) is 11.4 Å². The molecule has 0 saturated carbocycles. The van der Waals surface area contributed by atoms with Gasteiger partial charge in [-0.1, -0.05) is 18.2 Å². The van der Waals surface area contributed by atoms with Gasteiger partial charge in [0, 0.05) is 4.90 Å². The third kappa shape index (κ3) is 3.07. The fourth-order valence-corrected chi connectivity index (χ4v) is 2.09. The molecule has 1 heterocycles. The van der Waals surface area contributed by atoms with Crippen LogP contribution in [0.5, 0.6) is 5.88 Å². The van der Waals surface area contributed by atoms with Gasteiger partial charge in [-0.3, -0.25) is 0 Å². The van der Waals surface area contributed by atoms with Crippen LogP contribution in [0.2, 0.25) is 0 Å². The zero-order valence-electron chi connectivity index (χ0n) is 11.8. The van der Waals surface area contributed by atoms with Crippen LogP contribution in [0.4, 0.5) is 11.4 Å². The van der Waals surface area contributed by atoms with Crippen LogP contribution in [0.3, 0.4) is 0 Å². The van der Waals surface area contributed by atoms with Crippen molar-refractivity contribution in [2.75, 3.05) is 0 Å². The van der Waals surface area contributed by atoms with Crippen molar-refractivity contribution in [2.45, 2.75) is 4.90 Å². The van der Waals surface area contributed by atoms with E-state index in [-0.39, 0.29) is 17.3 Å². The van der Waals surface area contributed by atoms with Gasteiger partial charge >= 0.3 is 0 Å². The van der Waals surface area contributed by atoms with Gasteiger partial charge < -0.3 is 5.11 Å². The van der Waals surface area contributed by atoms with Gasteiger partial charge in [0.25, 0.3) is 0 Å². The van der Waals surface area contributed by atoms with E-state index in [0.717, 1.165) is 4.90 Å². The van der Waals surface area contributed by atoms with Crippen molar-refractivity contribution in [3.63, 3.8) is 0 Å². The van der Waals surface area contributed by atoms with Crippen LogP contribution < -0.4 is 0 Å². The summed E-state index contributed by atoms with van der Waals surface area (Å²) in [5.41, 5.74) is 1.24. The zero-order chi connectivity index (χ0) is 16.2. The molecule has 7 heteroatoms. The fourth-order valence-electron chi connectivity index (χ4n) is 1.94. The summed E-state index contributed by atoms with van der Waals surface area (Å²) < 4.78 is 1.25. The zero-order valence-corrected chi connectivity index (χ0v) is 12.7. The second-order valence-corrected chi connectivity index (χ2v) is 5.11. The van der Waals surface area contributed by atoms with Gasteiger partial charge in [-0.2, -0.15) is 20.2 Å². The highest BCUT2D eigenvalue weighted by molar-refractivity contribution is 7.80. The highest BCUT2D eigenvalue weighted by Gasteiger charge is 2.18. The Balaban J connectivity index is 2.01. The van der Waals surface area contributed by atoms with Crippen LogP contribution in [0, 0.1) is 11.3 Å². The molecule has 0 radical (unpaired) electrons. The van der Waals surface area contributed by atoms with Crippen LogP contribution >= 0.6 is 12.6 Å². The number of thiol groups is 1. The predicted octanol–water partition coefficient (Wildman–Crippen LogP) is 4.15. The number of nitrogens with zero attached hydrogens (tertiary/aromatic N) is 5. The Kier molecular flexibility index (Phi) is 4.08. The lowest BCUT2D eigenvalue weighted by Gasteiger charge is -2.01. The van der Waals surface area contributed by atoms with Gasteiger partial charge in [-0.05, 0) is 36.4 Å². The molecule has 0 fully saturated rings. The summed E-state index contributed by atoms with van der Waals surface area (Å²) in [6.07, 6.45) is 0. The smallest absolute Gasteiger partial charge is 0.244 e. The van der Waals surface area contributed by atoms with E-state index in [2.05, 4.69) is 28.0 Å². The van der Waals surface area contributed by atoms with Crippen LogP contribution in [0.15, 0.2) is 69.7 Å². The van der Waals surface area contributed by atoms with Crippen molar-refractivity contribution >= 4 is 24.0 Å². The minimum Gasteiger partial charge on any atom is -0.492 e. The minimum atomic E-state index is -0.234. The average molecular weight is 321 g/mol. The number of azo groups is 1. The Morgan fingerprint density at radius 1 is 1.04 bits per heavy atom. The number of aromatic hydroxyl groups is 1. The minimum absolute atomic E-state index is 0.000850. The van der Waals surface area contributed by atoms with Crippen LogP contribution in [-0.2, 0) is 0 Å². The summed E-state index contributed by atoms with van der Waals surface area (Å²) in [6, 6.07) is 17.9. The molecular weight excluding hydrogens is 310 g/mol. The van der Waals surface area contributed by atoms with E-state index in [4.69, 9.17) is 0 Å². The maximum Gasteiger partial charge on any atom is 0.244 e. The first-order chi connectivity index (χ1) is 11.2. The molecule has 0 saturated heterocycles. The summed E-state index contributed by atoms with van der Waals surface area (Å²) in [7, 11) is 0. The van der Waals surface area contributed by atoms with Gasteiger partial charge in [-0.15, -0.1) is 17.7 Å². The van der Waals surface area contributed by atoms with E-state index in [1.54, 1.807) is 36.4 Å². The van der Waals surface area contributed by atoms with Crippen molar-refractivity contribution in [3.05, 3.63) is 60.3 Å². The molecule has 2 aromatic carbocycles. The monoisotopic (exact) mass is 321 g/mol. The molecule has 3 aromatic rings. The summed E-state index contributed by atoms with van der Waals surface area (Å²) >= 11 is 4.19. The highest BCUT2D eigenvalue weighted by Crippen LogP contribution is 2.33. The molecule has 23 heavy (non-hydrogen) atoms. The Morgan fingerprint density at radius 2 is 1.74 bits per heavy atom. The maximum absolute atomic E-state index is 10.3. The molecule has 0 amide bonds. The molecule has 1 aromatic heterocycles. The normalized spacial score (nSPS) is 10.8. The second kappa shape index (κ2) is 6.34. The van der Waals surface area contributed by atoms with Gasteiger partial charge in [-0.25, -0.2) is 0 Å². The first-order valence-corrected chi connectivity index (χ1v) is 7.12. The topological polar surface area (TPSA) is 86.6 Å². The number of nitriles is 1. The Hall–Kier alpha value is -3.11. The van der Waals surface area contributed by atoms with Crippen molar-refractivity contribution in [1.29, 1.82) is 5.26 Å². The number of hydrogen-bond acceptors (Lipinski definition) is 6. The lowest BCUT2D eigenvalue weighted by atomic mass is 10.3. The molecule has 0 aliphatic carbocycles. The molecule has 0 unspecified atom stereocenters. The lowest BCUT2D eigenvalue weighted by molar-refractivity contribution is 0.434. The Labute approximate surface area is 137 Å². The van der Waals surface area contributed by atoms with Crippen LogP contribution in [0.25, 0.3) is 5.69 Å². The van der Waals surface area contributed by atoms with Crippen molar-refractivity contribution in [3.8, 4) is 17.6 Å². The van der Waals surface area contributed by atoms with E-state index < -0.39 is 0 Å². The molecule has 6 nitrogen and oxygen atoms in total. The Bertz CT molecular complexity index is 895. The van der Waals surface area contributed by atoms with Gasteiger partial charge in [0.2, 0.25) is 5.88 Å². The summed E-state index contributed by atoms with van der Waals surface area (Å²) in [5.74, 6) is -0.234. The van der Waals surface area contributed by atoms with Gasteiger partial charge in [0.1, 0.15) is 6.07 Å². The summed E-state index contributed by atoms with van der Waals surface area (Å²) in [6.45, 7) is 0. The lowest BCUT2D eigenvalue weighted by Crippen LogP contribution is -1.95. The molecule has 0 aliphatic heterocycles. The molecule has 0 bridgehead atoms. The van der Waals surface area contributed by atoms with E-state index in [0.29, 0.717) is 11.4 Å². The standard InChI is InChI=1S/C16H11N5OS/c17-10-14-15(19-18-11-6-8-13(23)9-7-11)16(22)21(20-14)12-4-2-1-3-5-12/h1-9,22-23H. The first-order valence-electron chi connectivity index (χ1n) is 6.67. The van der Waals surface area contributed by atoms with E-state index in [9.17, 15) is 10.4 Å². The number of para-hydroxylation sites is 1. The number of aromatic nitrogens is 2. The fraction of sp³-hybridized carbons (Fsp3) is 0. The van der Waals surface area contributed by atoms with Crippen molar-refractivity contribution < 1.29 is 5.11 Å². The highest BCUT2D eigenvalue weighted by atomic mass is 32.1. The largest absolute Gasteiger partial charge is 0.492 e. The first kappa shape index (κ1) is 14.8. The average Bonchev–Trinajstić information content (AvgIpc) is 2.91. The number of hydrogen-bond donors (Lipinski definition) is 2. The number of rotatable bonds is 3. The molecule has 0 atom stereocenters. The third-order valence-corrected chi connectivity index (χ3v) is 3.36. The van der Waals surface area contributed by atoms with Gasteiger partial charge in [0.15, 0.2) is 11.4 Å². The molecular formula is C16H11N5OS. The Morgan fingerprint density at radius 3 is 2.39 bits per heavy atom. The van der Waals surface area contributed by atoms with E-state index in [1.165, 1.54) is 4.68 Å². The second-order valence-electron chi connectivity index (χ2n) is 4.60. The van der Waals surface area contributed by atoms with Crippen molar-refractivity contribution in [1.82, 2.24) is 9.78 Å². The SMILES string of the molecule is N#Cc1nn(-c2ccccc2)c(O)c1N=Nc1ccc(S)cc1. The van der Waals surface area contributed by atoms with Crippen LogP contribution in [0.1, 0.15) is 5.69 Å².